The van der Waals surface area contributed by atoms with Crippen molar-refractivity contribution < 1.29 is 9.59 Å². The molecule has 2 aromatic carbocycles. The highest BCUT2D eigenvalue weighted by molar-refractivity contribution is 6.34. The SMILES string of the molecule is O=C(NC1CCCCC1)c1cc(NCC(=O)N2CCCc3ccccc32)ccc1Cl. The first-order valence-electron chi connectivity index (χ1n) is 10.8. The van der Waals surface area contributed by atoms with Crippen LogP contribution in [0.15, 0.2) is 42.5 Å². The maximum atomic E-state index is 12.8. The van der Waals surface area contributed by atoms with E-state index in [1.807, 2.05) is 23.1 Å². The van der Waals surface area contributed by atoms with Gasteiger partial charge in [0.2, 0.25) is 5.91 Å². The van der Waals surface area contributed by atoms with Gasteiger partial charge in [-0.05, 0) is 55.5 Å². The van der Waals surface area contributed by atoms with E-state index in [1.54, 1.807) is 18.2 Å². The number of hydrogen-bond acceptors (Lipinski definition) is 3. The predicted octanol–water partition coefficient (Wildman–Crippen LogP) is 4.79. The van der Waals surface area contributed by atoms with Gasteiger partial charge >= 0.3 is 0 Å². The summed E-state index contributed by atoms with van der Waals surface area (Å²) in [5.74, 6) is -0.128. The summed E-state index contributed by atoms with van der Waals surface area (Å²) >= 11 is 6.29. The number of anilines is 2. The van der Waals surface area contributed by atoms with Crippen molar-refractivity contribution >= 4 is 34.8 Å². The fourth-order valence-electron chi connectivity index (χ4n) is 4.39. The summed E-state index contributed by atoms with van der Waals surface area (Å²) in [6.45, 7) is 0.896. The van der Waals surface area contributed by atoms with Gasteiger partial charge in [0, 0.05) is 24.0 Å². The molecule has 1 saturated carbocycles. The van der Waals surface area contributed by atoms with E-state index in [1.165, 1.54) is 12.0 Å². The van der Waals surface area contributed by atoms with Crippen LogP contribution in [0.5, 0.6) is 0 Å². The molecule has 0 atom stereocenters. The molecule has 6 heteroatoms. The van der Waals surface area contributed by atoms with Gasteiger partial charge in [0.1, 0.15) is 0 Å². The minimum atomic E-state index is -0.146. The molecule has 2 N–H and O–H groups in total. The van der Waals surface area contributed by atoms with Crippen molar-refractivity contribution in [3.05, 3.63) is 58.6 Å². The summed E-state index contributed by atoms with van der Waals surface area (Å²) in [6, 6.07) is 13.5. The van der Waals surface area contributed by atoms with E-state index in [9.17, 15) is 9.59 Å². The second-order valence-electron chi connectivity index (χ2n) is 8.13. The summed E-state index contributed by atoms with van der Waals surface area (Å²) in [5, 5.41) is 6.69. The predicted molar refractivity (Wildman–Crippen MR) is 121 cm³/mol. The van der Waals surface area contributed by atoms with Gasteiger partial charge in [-0.3, -0.25) is 9.59 Å². The summed E-state index contributed by atoms with van der Waals surface area (Å²) in [5.41, 5.74) is 3.37. The number of carbonyl (C=O) groups is 2. The number of benzene rings is 2. The molecular weight excluding hydrogens is 398 g/mol. The van der Waals surface area contributed by atoms with Crippen LogP contribution in [0.2, 0.25) is 5.02 Å². The number of aryl methyl sites for hydroxylation is 1. The number of para-hydroxylation sites is 1. The minimum absolute atomic E-state index is 0.0188. The molecule has 2 aromatic rings. The average molecular weight is 426 g/mol. The third-order valence-corrected chi connectivity index (χ3v) is 6.34. The Hall–Kier alpha value is -2.53. The number of rotatable bonds is 5. The van der Waals surface area contributed by atoms with Crippen LogP contribution in [0.3, 0.4) is 0 Å². The van der Waals surface area contributed by atoms with Crippen molar-refractivity contribution in [1.82, 2.24) is 5.32 Å². The Bertz CT molecular complexity index is 924. The molecule has 1 aliphatic carbocycles. The Morgan fingerprint density at radius 2 is 1.83 bits per heavy atom. The lowest BCUT2D eigenvalue weighted by atomic mass is 9.95. The number of nitrogens with one attached hydrogen (secondary N) is 2. The number of nitrogens with zero attached hydrogens (tertiary/aromatic N) is 1. The molecule has 30 heavy (non-hydrogen) atoms. The first-order chi connectivity index (χ1) is 14.6. The maximum absolute atomic E-state index is 12.8. The number of carbonyl (C=O) groups excluding carboxylic acids is 2. The highest BCUT2D eigenvalue weighted by Crippen LogP contribution is 2.27. The average Bonchev–Trinajstić information content (AvgIpc) is 2.78. The van der Waals surface area contributed by atoms with Gasteiger partial charge in [0.05, 0.1) is 17.1 Å². The van der Waals surface area contributed by atoms with Crippen molar-refractivity contribution in [1.29, 1.82) is 0 Å². The molecule has 5 nitrogen and oxygen atoms in total. The van der Waals surface area contributed by atoms with E-state index in [0.29, 0.717) is 16.3 Å². The summed E-state index contributed by atoms with van der Waals surface area (Å²) in [6.07, 6.45) is 7.56. The van der Waals surface area contributed by atoms with E-state index < -0.39 is 0 Å². The maximum Gasteiger partial charge on any atom is 0.253 e. The Morgan fingerprint density at radius 3 is 2.67 bits per heavy atom. The summed E-state index contributed by atoms with van der Waals surface area (Å²) < 4.78 is 0. The number of halogens is 1. The van der Waals surface area contributed by atoms with Crippen LogP contribution in [-0.2, 0) is 11.2 Å². The molecule has 0 saturated heterocycles. The highest BCUT2D eigenvalue weighted by Gasteiger charge is 2.22. The van der Waals surface area contributed by atoms with Crippen LogP contribution in [0.25, 0.3) is 0 Å². The fraction of sp³-hybridized carbons (Fsp3) is 0.417. The van der Waals surface area contributed by atoms with Crippen molar-refractivity contribution in [3.8, 4) is 0 Å². The topological polar surface area (TPSA) is 61.4 Å². The Kier molecular flexibility index (Phi) is 6.58. The van der Waals surface area contributed by atoms with Crippen LogP contribution in [0.4, 0.5) is 11.4 Å². The zero-order chi connectivity index (χ0) is 20.9. The molecule has 2 amide bonds. The lowest BCUT2D eigenvalue weighted by Gasteiger charge is -2.29. The van der Waals surface area contributed by atoms with Crippen LogP contribution >= 0.6 is 11.6 Å². The first kappa shape index (κ1) is 20.7. The third kappa shape index (κ3) is 4.78. The van der Waals surface area contributed by atoms with Crippen molar-refractivity contribution in [2.45, 2.75) is 51.0 Å². The van der Waals surface area contributed by atoms with Gasteiger partial charge in [-0.2, -0.15) is 0 Å². The second-order valence-corrected chi connectivity index (χ2v) is 8.54. The molecule has 1 heterocycles. The quantitative estimate of drug-likeness (QED) is 0.723. The van der Waals surface area contributed by atoms with E-state index in [-0.39, 0.29) is 24.4 Å². The lowest BCUT2D eigenvalue weighted by Crippen LogP contribution is -2.39. The lowest BCUT2D eigenvalue weighted by molar-refractivity contribution is -0.117. The van der Waals surface area contributed by atoms with Crippen LogP contribution < -0.4 is 15.5 Å². The van der Waals surface area contributed by atoms with Gasteiger partial charge < -0.3 is 15.5 Å². The molecule has 0 unspecified atom stereocenters. The first-order valence-corrected chi connectivity index (χ1v) is 11.2. The highest BCUT2D eigenvalue weighted by atomic mass is 35.5. The Labute approximate surface area is 182 Å². The minimum Gasteiger partial charge on any atom is -0.376 e. The van der Waals surface area contributed by atoms with Crippen LogP contribution in [0, 0.1) is 0 Å². The molecule has 0 aromatic heterocycles. The van der Waals surface area contributed by atoms with Crippen molar-refractivity contribution in [2.24, 2.45) is 0 Å². The zero-order valence-electron chi connectivity index (χ0n) is 17.1. The smallest absolute Gasteiger partial charge is 0.253 e. The van der Waals surface area contributed by atoms with Crippen molar-refractivity contribution in [2.75, 3.05) is 23.3 Å². The molecular formula is C24H28ClN3O2. The monoisotopic (exact) mass is 425 g/mol. The standard InChI is InChI=1S/C24H28ClN3O2/c25-21-13-12-19(15-20(21)24(30)27-18-9-2-1-3-10-18)26-16-23(29)28-14-6-8-17-7-4-5-11-22(17)28/h4-5,7,11-13,15,18,26H,1-3,6,8-10,14,16H2,(H,27,30). The van der Waals surface area contributed by atoms with E-state index in [0.717, 1.165) is 50.8 Å². The second kappa shape index (κ2) is 9.52. The zero-order valence-corrected chi connectivity index (χ0v) is 17.9. The Morgan fingerprint density at radius 1 is 1.03 bits per heavy atom. The van der Waals surface area contributed by atoms with E-state index in [4.69, 9.17) is 11.6 Å². The van der Waals surface area contributed by atoms with Gasteiger partial charge in [-0.1, -0.05) is 49.1 Å². The molecule has 0 bridgehead atoms. The largest absolute Gasteiger partial charge is 0.376 e. The molecule has 0 radical (unpaired) electrons. The number of amides is 2. The summed E-state index contributed by atoms with van der Waals surface area (Å²) in [4.78, 5) is 27.4. The molecule has 4 rings (SSSR count). The molecule has 1 aliphatic heterocycles. The van der Waals surface area contributed by atoms with Gasteiger partial charge in [-0.15, -0.1) is 0 Å². The van der Waals surface area contributed by atoms with E-state index in [2.05, 4.69) is 16.7 Å². The molecule has 2 aliphatic rings. The summed E-state index contributed by atoms with van der Waals surface area (Å²) in [7, 11) is 0. The Balaban J connectivity index is 1.40. The number of fused-ring (bicyclic) bond motifs is 1. The van der Waals surface area contributed by atoms with Crippen LogP contribution in [0.1, 0.15) is 54.4 Å². The molecule has 1 fully saturated rings. The van der Waals surface area contributed by atoms with Crippen LogP contribution in [-0.4, -0.2) is 30.9 Å². The van der Waals surface area contributed by atoms with Crippen molar-refractivity contribution in [3.63, 3.8) is 0 Å². The molecule has 0 spiro atoms. The third-order valence-electron chi connectivity index (χ3n) is 6.01. The van der Waals surface area contributed by atoms with Gasteiger partial charge in [-0.25, -0.2) is 0 Å². The van der Waals surface area contributed by atoms with Gasteiger partial charge in [0.15, 0.2) is 0 Å². The van der Waals surface area contributed by atoms with E-state index >= 15 is 0 Å². The fourth-order valence-corrected chi connectivity index (χ4v) is 4.59. The number of hydrogen-bond donors (Lipinski definition) is 2. The van der Waals surface area contributed by atoms with Gasteiger partial charge in [0.25, 0.3) is 5.91 Å². The molecule has 158 valence electrons. The normalized spacial score (nSPS) is 16.6.